The van der Waals surface area contributed by atoms with Gasteiger partial charge in [-0.15, -0.1) is 0 Å². The minimum atomic E-state index is -3.57. The van der Waals surface area contributed by atoms with Crippen LogP contribution in [0.1, 0.15) is 35.6 Å². The highest BCUT2D eigenvalue weighted by molar-refractivity contribution is 7.89. The van der Waals surface area contributed by atoms with Crippen molar-refractivity contribution < 1.29 is 22.7 Å². The molecule has 1 heterocycles. The van der Waals surface area contributed by atoms with Crippen LogP contribution in [-0.4, -0.2) is 49.8 Å². The summed E-state index contributed by atoms with van der Waals surface area (Å²) in [7, 11) is -1.98. The molecular weight excluding hydrogens is 576 g/mol. The number of nitrogens with one attached hydrogen (secondary N) is 2. The molecule has 2 N–H and O–H groups in total. The molecule has 3 aromatic carbocycles. The number of rotatable bonds is 15. The Bertz CT molecular complexity index is 1600. The lowest BCUT2D eigenvalue weighted by Crippen LogP contribution is -2.50. The van der Waals surface area contributed by atoms with E-state index in [1.165, 1.54) is 12.1 Å². The van der Waals surface area contributed by atoms with Gasteiger partial charge < -0.3 is 15.0 Å². The first kappa shape index (κ1) is 32.4. The van der Waals surface area contributed by atoms with Gasteiger partial charge in [-0.2, -0.15) is 0 Å². The maximum atomic E-state index is 14.0. The zero-order valence-electron chi connectivity index (χ0n) is 25.0. The molecule has 0 bridgehead atoms. The highest BCUT2D eigenvalue weighted by Gasteiger charge is 2.30. The van der Waals surface area contributed by atoms with Gasteiger partial charge in [0, 0.05) is 44.9 Å². The normalized spacial score (nSPS) is 11.9. The fourth-order valence-electron chi connectivity index (χ4n) is 4.79. The molecule has 0 saturated carbocycles. The van der Waals surface area contributed by atoms with Crippen LogP contribution in [0.5, 0.6) is 5.75 Å². The Labute approximate surface area is 259 Å². The Hall–Kier alpha value is -4.54. The van der Waals surface area contributed by atoms with E-state index in [4.69, 9.17) is 4.74 Å². The molecule has 0 fully saturated rings. The number of aryl methyl sites for hydroxylation is 1. The Morgan fingerprint density at radius 3 is 2.14 bits per heavy atom. The molecular formula is C34H38N4O5S. The summed E-state index contributed by atoms with van der Waals surface area (Å²) in [5.74, 6) is 0.248. The molecule has 0 radical (unpaired) electrons. The van der Waals surface area contributed by atoms with Crippen molar-refractivity contribution in [2.24, 2.45) is 0 Å². The van der Waals surface area contributed by atoms with E-state index in [1.807, 2.05) is 66.7 Å². The van der Waals surface area contributed by atoms with Gasteiger partial charge in [-0.25, -0.2) is 13.1 Å². The van der Waals surface area contributed by atoms with Crippen LogP contribution in [0.2, 0.25) is 0 Å². The fourth-order valence-corrected chi connectivity index (χ4v) is 5.83. The second-order valence-corrected chi connectivity index (χ2v) is 12.1. The van der Waals surface area contributed by atoms with E-state index >= 15 is 0 Å². The number of benzene rings is 3. The van der Waals surface area contributed by atoms with Gasteiger partial charge >= 0.3 is 0 Å². The Morgan fingerprint density at radius 2 is 1.50 bits per heavy atom. The second kappa shape index (κ2) is 15.8. The van der Waals surface area contributed by atoms with Crippen LogP contribution in [0, 0.1) is 0 Å². The summed E-state index contributed by atoms with van der Waals surface area (Å²) >= 11 is 0. The topological polar surface area (TPSA) is 118 Å². The highest BCUT2D eigenvalue weighted by Crippen LogP contribution is 2.20. The lowest BCUT2D eigenvalue weighted by atomic mass is 10.0. The van der Waals surface area contributed by atoms with Crippen LogP contribution in [0.3, 0.4) is 0 Å². The SMILES string of the molecule is CCNS(=O)(=O)c1ccc(CCC(=O)N(Cc2ccc(OC)cc2)[C@H](Cc2ccccc2)C(=O)NCc2ccncc2)cc1. The van der Waals surface area contributed by atoms with Gasteiger partial charge in [-0.05, 0) is 65.1 Å². The van der Waals surface area contributed by atoms with E-state index < -0.39 is 16.1 Å². The second-order valence-electron chi connectivity index (χ2n) is 10.3. The van der Waals surface area contributed by atoms with Gasteiger partial charge in [0.1, 0.15) is 11.8 Å². The van der Waals surface area contributed by atoms with Crippen LogP contribution < -0.4 is 14.8 Å². The summed E-state index contributed by atoms with van der Waals surface area (Å²) in [5, 5.41) is 3.02. The standard InChI is InChI=1S/C34H38N4O5S/c1-3-37-44(41,42)31-16-11-26(12-17-31)13-18-33(39)38(25-29-9-14-30(43-2)15-10-29)32(23-27-7-5-4-6-8-27)34(40)36-24-28-19-21-35-22-20-28/h4-12,14-17,19-22,32,37H,3,13,18,23-25H2,1-2H3,(H,36,40)/t32-/m1/s1. The van der Waals surface area contributed by atoms with Crippen molar-refractivity contribution in [1.82, 2.24) is 19.9 Å². The maximum Gasteiger partial charge on any atom is 0.243 e. The number of amides is 2. The van der Waals surface area contributed by atoms with Gasteiger partial charge in [0.25, 0.3) is 0 Å². The van der Waals surface area contributed by atoms with Gasteiger partial charge in [-0.3, -0.25) is 14.6 Å². The van der Waals surface area contributed by atoms with E-state index in [9.17, 15) is 18.0 Å². The first-order chi connectivity index (χ1) is 21.3. The molecule has 0 aliphatic rings. The van der Waals surface area contributed by atoms with Crippen LogP contribution in [0.25, 0.3) is 0 Å². The molecule has 1 aromatic heterocycles. The molecule has 0 aliphatic carbocycles. The minimum Gasteiger partial charge on any atom is -0.497 e. The summed E-state index contributed by atoms with van der Waals surface area (Å²) < 4.78 is 32.4. The molecule has 0 saturated heterocycles. The monoisotopic (exact) mass is 614 g/mol. The number of hydrogen-bond acceptors (Lipinski definition) is 6. The van der Waals surface area contributed by atoms with E-state index in [-0.39, 0.29) is 29.7 Å². The van der Waals surface area contributed by atoms with Crippen molar-refractivity contribution >= 4 is 21.8 Å². The fraction of sp³-hybridized carbons (Fsp3) is 0.265. The number of carbonyl (C=O) groups excluding carboxylic acids is 2. The zero-order valence-corrected chi connectivity index (χ0v) is 25.8. The smallest absolute Gasteiger partial charge is 0.243 e. The predicted octanol–water partition coefficient (Wildman–Crippen LogP) is 4.28. The van der Waals surface area contributed by atoms with Crippen molar-refractivity contribution in [1.29, 1.82) is 0 Å². The van der Waals surface area contributed by atoms with Gasteiger partial charge in [0.15, 0.2) is 0 Å². The third-order valence-corrected chi connectivity index (χ3v) is 8.76. The molecule has 0 unspecified atom stereocenters. The molecule has 10 heteroatoms. The number of pyridine rings is 1. The van der Waals surface area contributed by atoms with Crippen molar-refractivity contribution in [2.45, 2.75) is 50.2 Å². The Kier molecular flexibility index (Phi) is 11.6. The number of nitrogens with zero attached hydrogens (tertiary/aromatic N) is 2. The predicted molar refractivity (Wildman–Crippen MR) is 169 cm³/mol. The quantitative estimate of drug-likeness (QED) is 0.207. The molecule has 2 amide bonds. The molecule has 230 valence electrons. The molecule has 9 nitrogen and oxygen atoms in total. The Morgan fingerprint density at radius 1 is 0.841 bits per heavy atom. The lowest BCUT2D eigenvalue weighted by Gasteiger charge is -2.32. The van der Waals surface area contributed by atoms with Crippen LogP contribution in [-0.2, 0) is 45.5 Å². The molecule has 4 aromatic rings. The third-order valence-electron chi connectivity index (χ3n) is 7.19. The van der Waals surface area contributed by atoms with E-state index in [0.29, 0.717) is 31.7 Å². The number of hydrogen-bond donors (Lipinski definition) is 2. The molecule has 0 spiro atoms. The van der Waals surface area contributed by atoms with E-state index in [1.54, 1.807) is 43.5 Å². The van der Waals surface area contributed by atoms with E-state index in [2.05, 4.69) is 15.0 Å². The number of sulfonamides is 1. The number of ether oxygens (including phenoxy) is 1. The summed E-state index contributed by atoms with van der Waals surface area (Å²) in [6.45, 7) is 2.55. The van der Waals surface area contributed by atoms with Crippen LogP contribution >= 0.6 is 0 Å². The first-order valence-electron chi connectivity index (χ1n) is 14.5. The first-order valence-corrected chi connectivity index (χ1v) is 16.0. The lowest BCUT2D eigenvalue weighted by molar-refractivity contribution is -0.141. The average Bonchev–Trinajstić information content (AvgIpc) is 3.05. The van der Waals surface area contributed by atoms with Crippen molar-refractivity contribution in [3.8, 4) is 5.75 Å². The third kappa shape index (κ3) is 9.23. The molecule has 44 heavy (non-hydrogen) atoms. The summed E-state index contributed by atoms with van der Waals surface area (Å²) in [6.07, 6.45) is 4.20. The largest absolute Gasteiger partial charge is 0.497 e. The van der Waals surface area contributed by atoms with Crippen molar-refractivity contribution in [3.05, 3.63) is 126 Å². The van der Waals surface area contributed by atoms with Crippen LogP contribution in [0.15, 0.2) is 108 Å². The number of methoxy groups -OCH3 is 1. The van der Waals surface area contributed by atoms with Gasteiger partial charge in [-0.1, -0.05) is 61.5 Å². The van der Waals surface area contributed by atoms with Gasteiger partial charge in [0.05, 0.1) is 12.0 Å². The maximum absolute atomic E-state index is 14.0. The molecule has 1 atom stereocenters. The Balaban J connectivity index is 1.59. The summed E-state index contributed by atoms with van der Waals surface area (Å²) in [5.41, 5.74) is 3.51. The zero-order chi connectivity index (χ0) is 31.4. The average molecular weight is 615 g/mol. The van der Waals surface area contributed by atoms with Crippen molar-refractivity contribution in [2.75, 3.05) is 13.7 Å². The molecule has 0 aliphatic heterocycles. The van der Waals surface area contributed by atoms with E-state index in [0.717, 1.165) is 22.3 Å². The number of aromatic nitrogens is 1. The summed E-state index contributed by atoms with van der Waals surface area (Å²) in [6, 6.07) is 26.5. The molecule has 4 rings (SSSR count). The number of carbonyl (C=O) groups is 2. The van der Waals surface area contributed by atoms with Crippen LogP contribution in [0.4, 0.5) is 0 Å². The van der Waals surface area contributed by atoms with Crippen molar-refractivity contribution in [3.63, 3.8) is 0 Å². The minimum absolute atomic E-state index is 0.137. The summed E-state index contributed by atoms with van der Waals surface area (Å²) in [4.78, 5) is 33.6. The highest BCUT2D eigenvalue weighted by atomic mass is 32.2. The van der Waals surface area contributed by atoms with Gasteiger partial charge in [0.2, 0.25) is 21.8 Å².